The Morgan fingerprint density at radius 2 is 2.10 bits per heavy atom. The predicted molar refractivity (Wildman–Crippen MR) is 62.5 cm³/mol. The molecule has 1 aliphatic rings. The van der Waals surface area contributed by atoms with Crippen molar-refractivity contribution in [2.45, 2.75) is 18.8 Å². The highest BCUT2D eigenvalue weighted by molar-refractivity contribution is 5.98. The van der Waals surface area contributed by atoms with E-state index in [9.17, 15) is 22.8 Å². The Balaban J connectivity index is 2.13. The van der Waals surface area contributed by atoms with Crippen LogP contribution in [0.2, 0.25) is 0 Å². The lowest BCUT2D eigenvalue weighted by Crippen LogP contribution is -2.57. The van der Waals surface area contributed by atoms with Crippen LogP contribution >= 0.6 is 0 Å². The molecule has 1 aliphatic heterocycles. The van der Waals surface area contributed by atoms with Crippen molar-refractivity contribution in [3.05, 3.63) is 29.8 Å². The Bertz CT molecular complexity index is 562. The van der Waals surface area contributed by atoms with Gasteiger partial charge < -0.3 is 9.64 Å². The van der Waals surface area contributed by atoms with Gasteiger partial charge in [0, 0.05) is 12.1 Å². The summed E-state index contributed by atoms with van der Waals surface area (Å²) in [6, 6.07) is 3.75. The van der Waals surface area contributed by atoms with Crippen LogP contribution in [0.1, 0.15) is 16.8 Å². The number of hydroxylamine groups is 1. The number of hydrogen-bond donors (Lipinski definition) is 2. The first kappa shape index (κ1) is 15.1. The Labute approximate surface area is 117 Å². The maximum Gasteiger partial charge on any atom is 0.573 e. The molecule has 6 nitrogen and oxygen atoms in total. The van der Waals surface area contributed by atoms with Gasteiger partial charge in [0.05, 0.1) is 0 Å². The minimum absolute atomic E-state index is 0.0350. The van der Waals surface area contributed by atoms with Crippen LogP contribution in [0.3, 0.4) is 0 Å². The monoisotopic (exact) mass is 304 g/mol. The second kappa shape index (κ2) is 5.60. The maximum absolute atomic E-state index is 12.1. The van der Waals surface area contributed by atoms with E-state index in [0.717, 1.165) is 17.0 Å². The third kappa shape index (κ3) is 3.43. The van der Waals surface area contributed by atoms with E-state index in [2.05, 4.69) is 4.74 Å². The smallest absolute Gasteiger partial charge is 0.406 e. The summed E-state index contributed by atoms with van der Waals surface area (Å²) in [6.45, 7) is 0.279. The second-order valence-corrected chi connectivity index (χ2v) is 4.35. The van der Waals surface area contributed by atoms with Crippen LogP contribution in [0.25, 0.3) is 0 Å². The molecule has 1 atom stereocenters. The molecule has 0 unspecified atom stereocenters. The van der Waals surface area contributed by atoms with Crippen LogP contribution in [0.15, 0.2) is 24.3 Å². The van der Waals surface area contributed by atoms with Gasteiger partial charge in [0.1, 0.15) is 11.8 Å². The molecule has 1 aromatic rings. The number of hydrogen-bond acceptors (Lipinski definition) is 4. The molecule has 0 saturated carbocycles. The minimum Gasteiger partial charge on any atom is -0.406 e. The fourth-order valence-corrected chi connectivity index (χ4v) is 1.97. The van der Waals surface area contributed by atoms with Crippen LogP contribution in [0.4, 0.5) is 13.2 Å². The largest absolute Gasteiger partial charge is 0.573 e. The van der Waals surface area contributed by atoms with Crippen molar-refractivity contribution < 1.29 is 32.7 Å². The lowest BCUT2D eigenvalue weighted by atomic mass is 10.0. The number of alkyl halides is 3. The van der Waals surface area contributed by atoms with Crippen LogP contribution in [-0.2, 0) is 4.79 Å². The SMILES string of the molecule is O=C(NO)[C@H]1CCN1C(=O)c1cccc(OC(F)(F)F)c1. The van der Waals surface area contributed by atoms with Gasteiger partial charge in [-0.25, -0.2) is 5.48 Å². The fourth-order valence-electron chi connectivity index (χ4n) is 1.97. The van der Waals surface area contributed by atoms with E-state index in [0.29, 0.717) is 6.42 Å². The van der Waals surface area contributed by atoms with Gasteiger partial charge in [0.2, 0.25) is 0 Å². The molecule has 1 heterocycles. The van der Waals surface area contributed by atoms with E-state index in [1.54, 1.807) is 0 Å². The summed E-state index contributed by atoms with van der Waals surface area (Å²) < 4.78 is 40.1. The van der Waals surface area contributed by atoms with Crippen molar-refractivity contribution in [2.75, 3.05) is 6.54 Å². The van der Waals surface area contributed by atoms with Crippen molar-refractivity contribution in [2.24, 2.45) is 0 Å². The number of ether oxygens (including phenoxy) is 1. The first-order valence-corrected chi connectivity index (χ1v) is 5.92. The second-order valence-electron chi connectivity index (χ2n) is 4.35. The Morgan fingerprint density at radius 1 is 1.38 bits per heavy atom. The molecule has 2 rings (SSSR count). The van der Waals surface area contributed by atoms with Gasteiger partial charge in [-0.05, 0) is 24.6 Å². The van der Waals surface area contributed by atoms with E-state index in [1.165, 1.54) is 17.6 Å². The number of nitrogens with one attached hydrogen (secondary N) is 1. The molecule has 1 fully saturated rings. The van der Waals surface area contributed by atoms with Gasteiger partial charge in [-0.3, -0.25) is 14.8 Å². The lowest BCUT2D eigenvalue weighted by Gasteiger charge is -2.39. The number of benzene rings is 1. The molecule has 0 spiro atoms. The highest BCUT2D eigenvalue weighted by atomic mass is 19.4. The fraction of sp³-hybridized carbons (Fsp3) is 0.333. The normalized spacial score (nSPS) is 17.9. The number of rotatable bonds is 3. The topological polar surface area (TPSA) is 78.9 Å². The number of carbonyl (C=O) groups excluding carboxylic acids is 2. The van der Waals surface area contributed by atoms with Crippen molar-refractivity contribution in [3.63, 3.8) is 0 Å². The van der Waals surface area contributed by atoms with Gasteiger partial charge in [0.15, 0.2) is 0 Å². The van der Waals surface area contributed by atoms with Crippen molar-refractivity contribution in [1.82, 2.24) is 10.4 Å². The van der Waals surface area contributed by atoms with E-state index in [1.807, 2.05) is 0 Å². The number of carbonyl (C=O) groups is 2. The first-order chi connectivity index (χ1) is 9.81. The van der Waals surface area contributed by atoms with E-state index >= 15 is 0 Å². The first-order valence-electron chi connectivity index (χ1n) is 5.92. The van der Waals surface area contributed by atoms with Crippen LogP contribution in [-0.4, -0.2) is 40.9 Å². The van der Waals surface area contributed by atoms with Crippen LogP contribution in [0.5, 0.6) is 5.75 Å². The quantitative estimate of drug-likeness (QED) is 0.652. The predicted octanol–water partition coefficient (Wildman–Crippen LogP) is 1.31. The van der Waals surface area contributed by atoms with E-state index < -0.39 is 30.0 Å². The number of halogens is 3. The molecule has 0 radical (unpaired) electrons. The number of likely N-dealkylation sites (tertiary alicyclic amines) is 1. The zero-order chi connectivity index (χ0) is 15.6. The number of nitrogens with zero attached hydrogens (tertiary/aromatic N) is 1. The molecule has 114 valence electrons. The van der Waals surface area contributed by atoms with Crippen molar-refractivity contribution in [3.8, 4) is 5.75 Å². The van der Waals surface area contributed by atoms with Gasteiger partial charge in [0.25, 0.3) is 11.8 Å². The molecule has 1 aromatic carbocycles. The van der Waals surface area contributed by atoms with Gasteiger partial charge in [-0.2, -0.15) is 0 Å². The summed E-state index contributed by atoms with van der Waals surface area (Å²) in [5.41, 5.74) is 1.40. The minimum atomic E-state index is -4.85. The Hall–Kier alpha value is -2.29. The van der Waals surface area contributed by atoms with Gasteiger partial charge in [-0.15, -0.1) is 13.2 Å². The molecule has 0 bridgehead atoms. The summed E-state index contributed by atoms with van der Waals surface area (Å²) in [7, 11) is 0. The molecule has 1 saturated heterocycles. The average Bonchev–Trinajstić information content (AvgIpc) is 2.35. The summed E-state index contributed by atoms with van der Waals surface area (Å²) in [5, 5.41) is 8.53. The third-order valence-electron chi connectivity index (χ3n) is 3.01. The van der Waals surface area contributed by atoms with Gasteiger partial charge in [-0.1, -0.05) is 6.07 Å². The summed E-state index contributed by atoms with van der Waals surface area (Å²) in [5.74, 6) is -1.86. The molecule has 2 N–H and O–H groups in total. The summed E-state index contributed by atoms with van der Waals surface area (Å²) in [6.07, 6.45) is -4.48. The molecular weight excluding hydrogens is 293 g/mol. The standard InChI is InChI=1S/C12H11F3N2O4/c13-12(14,15)21-8-3-1-2-7(6-8)11(19)17-5-4-9(17)10(18)16-20/h1-3,6,9,20H,4-5H2,(H,16,18)/t9-/m1/s1. The molecule has 9 heteroatoms. The Kier molecular flexibility index (Phi) is 4.03. The lowest BCUT2D eigenvalue weighted by molar-refractivity contribution is -0.274. The number of amides is 2. The zero-order valence-electron chi connectivity index (χ0n) is 10.6. The highest BCUT2D eigenvalue weighted by Gasteiger charge is 2.38. The van der Waals surface area contributed by atoms with Crippen LogP contribution in [0, 0.1) is 0 Å². The molecule has 21 heavy (non-hydrogen) atoms. The van der Waals surface area contributed by atoms with E-state index in [-0.39, 0.29) is 12.1 Å². The van der Waals surface area contributed by atoms with Gasteiger partial charge >= 0.3 is 6.36 Å². The molecular formula is C12H11F3N2O4. The molecule has 0 aromatic heterocycles. The average molecular weight is 304 g/mol. The van der Waals surface area contributed by atoms with Crippen molar-refractivity contribution in [1.29, 1.82) is 0 Å². The van der Waals surface area contributed by atoms with E-state index in [4.69, 9.17) is 5.21 Å². The van der Waals surface area contributed by atoms with Crippen LogP contribution < -0.4 is 10.2 Å². The molecule has 0 aliphatic carbocycles. The Morgan fingerprint density at radius 3 is 2.62 bits per heavy atom. The maximum atomic E-state index is 12.1. The molecule has 2 amide bonds. The van der Waals surface area contributed by atoms with Crippen molar-refractivity contribution >= 4 is 11.8 Å². The third-order valence-corrected chi connectivity index (χ3v) is 3.01. The zero-order valence-corrected chi connectivity index (χ0v) is 10.6. The highest BCUT2D eigenvalue weighted by Crippen LogP contribution is 2.26. The summed E-state index contributed by atoms with van der Waals surface area (Å²) in [4.78, 5) is 24.5. The summed E-state index contributed by atoms with van der Waals surface area (Å²) >= 11 is 0.